The number of hydrogen-bond acceptors (Lipinski definition) is 0. The zero-order valence-corrected chi connectivity index (χ0v) is 9.55. The highest BCUT2D eigenvalue weighted by molar-refractivity contribution is 5.22. The Hall–Kier alpha value is -1.12. The lowest BCUT2D eigenvalue weighted by Crippen LogP contribution is -2.59. The lowest BCUT2D eigenvalue weighted by atomic mass is 10.1. The topological polar surface area (TPSA) is 0 Å². The standard InChI is InChI=1S/C4F10.C3F6/c5-1(6,3(9,10)11)2(7,8)4(12,13)14;4-1(5)2(6,7)3(1,8)9. The molecule has 140 valence electrons. The maximum atomic E-state index is 11.6. The van der Waals surface area contributed by atoms with Gasteiger partial charge in [-0.1, -0.05) is 0 Å². The first-order valence-electron chi connectivity index (χ1n) is 4.52. The van der Waals surface area contributed by atoms with Crippen molar-refractivity contribution in [3.8, 4) is 0 Å². The van der Waals surface area contributed by atoms with Crippen molar-refractivity contribution in [2.24, 2.45) is 0 Å². The Morgan fingerprint density at radius 1 is 0.348 bits per heavy atom. The molecule has 0 nitrogen and oxygen atoms in total. The predicted octanol–water partition coefficient (Wildman–Crippen LogP) is 5.29. The fourth-order valence-electron chi connectivity index (χ4n) is 0.712. The van der Waals surface area contributed by atoms with Crippen molar-refractivity contribution in [1.29, 1.82) is 0 Å². The van der Waals surface area contributed by atoms with E-state index in [-0.39, 0.29) is 0 Å². The second kappa shape index (κ2) is 4.94. The molecule has 1 rings (SSSR count). The fraction of sp³-hybridized carbons (Fsp3) is 1.00. The van der Waals surface area contributed by atoms with E-state index in [0.717, 1.165) is 0 Å². The van der Waals surface area contributed by atoms with Crippen LogP contribution in [0.3, 0.4) is 0 Å². The number of halogens is 16. The zero-order valence-electron chi connectivity index (χ0n) is 9.55. The molecule has 0 amide bonds. The van der Waals surface area contributed by atoms with Crippen LogP contribution in [0.15, 0.2) is 0 Å². The number of rotatable bonds is 1. The van der Waals surface area contributed by atoms with Gasteiger partial charge in [0.2, 0.25) is 0 Å². The molecule has 0 atom stereocenters. The van der Waals surface area contributed by atoms with Crippen LogP contribution < -0.4 is 0 Å². The van der Waals surface area contributed by atoms with Gasteiger partial charge in [0.1, 0.15) is 0 Å². The van der Waals surface area contributed by atoms with Crippen molar-refractivity contribution in [2.45, 2.75) is 42.0 Å². The molecule has 23 heavy (non-hydrogen) atoms. The van der Waals surface area contributed by atoms with Gasteiger partial charge in [-0.05, 0) is 0 Å². The molecule has 1 fully saturated rings. The third-order valence-electron chi connectivity index (χ3n) is 2.23. The molecule has 16 heteroatoms. The van der Waals surface area contributed by atoms with Gasteiger partial charge in [-0.25, -0.2) is 0 Å². The zero-order chi connectivity index (χ0) is 19.5. The normalized spacial score (nSPS) is 23.0. The molecule has 0 bridgehead atoms. The summed E-state index contributed by atoms with van der Waals surface area (Å²) in [5.41, 5.74) is 0. The highest BCUT2D eigenvalue weighted by Gasteiger charge is 3.01. The molecule has 1 saturated carbocycles. The molecule has 0 saturated heterocycles. The number of hydrogen-bond donors (Lipinski definition) is 0. The molecule has 0 aliphatic heterocycles. The van der Waals surface area contributed by atoms with Gasteiger partial charge < -0.3 is 0 Å². The van der Waals surface area contributed by atoms with Gasteiger partial charge in [-0.2, -0.15) is 70.2 Å². The molecule has 0 heterocycles. The van der Waals surface area contributed by atoms with Crippen LogP contribution in [0.4, 0.5) is 70.2 Å². The Labute approximate surface area is 114 Å². The van der Waals surface area contributed by atoms with Gasteiger partial charge in [0.25, 0.3) is 0 Å². The van der Waals surface area contributed by atoms with E-state index in [1.807, 2.05) is 0 Å². The lowest BCUT2D eigenvalue weighted by molar-refractivity contribution is -0.419. The van der Waals surface area contributed by atoms with Crippen LogP contribution in [0, 0.1) is 0 Å². The summed E-state index contributed by atoms with van der Waals surface area (Å²) in [6.45, 7) is 0. The van der Waals surface area contributed by atoms with Crippen molar-refractivity contribution in [2.75, 3.05) is 0 Å². The van der Waals surface area contributed by atoms with Crippen LogP contribution in [0.5, 0.6) is 0 Å². The van der Waals surface area contributed by atoms with E-state index in [1.165, 1.54) is 0 Å². The first-order chi connectivity index (χ1) is 9.50. The summed E-state index contributed by atoms with van der Waals surface area (Å²) in [6, 6.07) is 0. The van der Waals surface area contributed by atoms with Crippen molar-refractivity contribution in [3.63, 3.8) is 0 Å². The van der Waals surface area contributed by atoms with E-state index < -0.39 is 42.0 Å². The van der Waals surface area contributed by atoms with Gasteiger partial charge >= 0.3 is 42.0 Å². The highest BCUT2D eigenvalue weighted by atomic mass is 19.4. The Bertz CT molecular complexity index is 370. The maximum absolute atomic E-state index is 11.6. The Balaban J connectivity index is 0.000000459. The molecular weight excluding hydrogens is 388 g/mol. The van der Waals surface area contributed by atoms with Crippen molar-refractivity contribution in [3.05, 3.63) is 0 Å². The minimum absolute atomic E-state index is 5.12. The van der Waals surface area contributed by atoms with Gasteiger partial charge in [-0.3, -0.25) is 0 Å². The van der Waals surface area contributed by atoms with Crippen LogP contribution in [0.2, 0.25) is 0 Å². The monoisotopic (exact) mass is 388 g/mol. The van der Waals surface area contributed by atoms with Gasteiger partial charge in [0.05, 0.1) is 0 Å². The molecule has 0 aromatic rings. The predicted molar refractivity (Wildman–Crippen MR) is 36.8 cm³/mol. The van der Waals surface area contributed by atoms with Crippen LogP contribution in [-0.4, -0.2) is 42.0 Å². The molecule has 0 aromatic heterocycles. The highest BCUT2D eigenvalue weighted by Crippen LogP contribution is 2.68. The van der Waals surface area contributed by atoms with E-state index in [1.54, 1.807) is 0 Å². The van der Waals surface area contributed by atoms with E-state index in [4.69, 9.17) is 0 Å². The lowest BCUT2D eigenvalue weighted by Gasteiger charge is -2.29. The van der Waals surface area contributed by atoms with Crippen LogP contribution in [0.25, 0.3) is 0 Å². The number of alkyl halides is 16. The minimum Gasteiger partial charge on any atom is -0.192 e. The summed E-state index contributed by atoms with van der Waals surface area (Å²) < 4.78 is 180. The summed E-state index contributed by atoms with van der Waals surface area (Å²) >= 11 is 0. The first kappa shape index (κ1) is 21.9. The smallest absolute Gasteiger partial charge is 0.192 e. The average molecular weight is 388 g/mol. The third-order valence-corrected chi connectivity index (χ3v) is 2.23. The Morgan fingerprint density at radius 2 is 0.478 bits per heavy atom. The largest absolute Gasteiger partial charge is 0.460 e. The first-order valence-corrected chi connectivity index (χ1v) is 4.52. The Morgan fingerprint density at radius 3 is 0.522 bits per heavy atom. The summed E-state index contributed by atoms with van der Waals surface area (Å²) in [5, 5.41) is 0. The van der Waals surface area contributed by atoms with Crippen molar-refractivity contribution >= 4 is 0 Å². The van der Waals surface area contributed by atoms with Gasteiger partial charge in [-0.15, -0.1) is 0 Å². The van der Waals surface area contributed by atoms with E-state index in [0.29, 0.717) is 0 Å². The second-order valence-electron chi connectivity index (χ2n) is 3.87. The second-order valence-corrected chi connectivity index (χ2v) is 3.87. The molecule has 0 spiro atoms. The molecule has 0 N–H and O–H groups in total. The summed E-state index contributed by atoms with van der Waals surface area (Å²) in [7, 11) is 0. The molecular formula is C7F16. The van der Waals surface area contributed by atoms with Crippen molar-refractivity contribution < 1.29 is 70.2 Å². The quantitative estimate of drug-likeness (QED) is 0.536. The summed E-state index contributed by atoms with van der Waals surface area (Å²) in [4.78, 5) is 0. The van der Waals surface area contributed by atoms with Crippen LogP contribution in [-0.2, 0) is 0 Å². The minimum atomic E-state index is -7.14. The maximum Gasteiger partial charge on any atom is 0.460 e. The van der Waals surface area contributed by atoms with Crippen LogP contribution in [0.1, 0.15) is 0 Å². The van der Waals surface area contributed by atoms with E-state index >= 15 is 0 Å². The van der Waals surface area contributed by atoms with Gasteiger partial charge in [0.15, 0.2) is 0 Å². The molecule has 1 aliphatic rings. The van der Waals surface area contributed by atoms with E-state index in [9.17, 15) is 70.2 Å². The average Bonchev–Trinajstić information content (AvgIpc) is 2.52. The Kier molecular flexibility index (Phi) is 4.70. The molecule has 1 aliphatic carbocycles. The van der Waals surface area contributed by atoms with Crippen molar-refractivity contribution in [1.82, 2.24) is 0 Å². The van der Waals surface area contributed by atoms with Gasteiger partial charge in [0, 0.05) is 0 Å². The van der Waals surface area contributed by atoms with Crippen LogP contribution >= 0.6 is 0 Å². The fourth-order valence-corrected chi connectivity index (χ4v) is 0.712. The van der Waals surface area contributed by atoms with E-state index in [2.05, 4.69) is 0 Å². The third kappa shape index (κ3) is 2.88. The molecule has 0 radical (unpaired) electrons. The summed E-state index contributed by atoms with van der Waals surface area (Å²) in [5.74, 6) is -29.7. The molecule has 0 unspecified atom stereocenters. The SMILES string of the molecule is FC(F)(F)C(F)(F)C(F)(F)C(F)(F)F.FC1(F)C(F)(F)C1(F)F. The summed E-state index contributed by atoms with van der Waals surface area (Å²) in [6.07, 6.45) is -13.9. The molecule has 0 aromatic carbocycles.